The average molecular weight is 370 g/mol. The van der Waals surface area contributed by atoms with Crippen molar-refractivity contribution in [2.24, 2.45) is 0 Å². The van der Waals surface area contributed by atoms with Crippen molar-refractivity contribution >= 4 is 0 Å². The SMILES string of the molecule is CCOc1ccc(OCC(O)CN2CCN(Cc3ccccc3)CC2)cc1. The monoisotopic (exact) mass is 370 g/mol. The second kappa shape index (κ2) is 10.3. The molecule has 1 N–H and O–H groups in total. The smallest absolute Gasteiger partial charge is 0.119 e. The third-order valence-electron chi connectivity index (χ3n) is 4.76. The summed E-state index contributed by atoms with van der Waals surface area (Å²) in [6.45, 7) is 8.58. The second-order valence-corrected chi connectivity index (χ2v) is 6.93. The molecule has 0 amide bonds. The van der Waals surface area contributed by atoms with Crippen LogP contribution in [0.15, 0.2) is 54.6 Å². The van der Waals surface area contributed by atoms with Crippen LogP contribution in [0, 0.1) is 0 Å². The van der Waals surface area contributed by atoms with Crippen molar-refractivity contribution in [2.45, 2.75) is 19.6 Å². The van der Waals surface area contributed by atoms with Crippen LogP contribution in [-0.2, 0) is 6.54 Å². The highest BCUT2D eigenvalue weighted by atomic mass is 16.5. The van der Waals surface area contributed by atoms with Crippen molar-refractivity contribution in [1.29, 1.82) is 0 Å². The molecule has 0 radical (unpaired) electrons. The number of ether oxygens (including phenoxy) is 2. The Morgan fingerprint density at radius 2 is 1.44 bits per heavy atom. The molecule has 0 spiro atoms. The lowest BCUT2D eigenvalue weighted by Gasteiger charge is -2.35. The molecule has 1 aliphatic heterocycles. The van der Waals surface area contributed by atoms with Gasteiger partial charge in [-0.2, -0.15) is 0 Å². The summed E-state index contributed by atoms with van der Waals surface area (Å²) in [4.78, 5) is 4.78. The lowest BCUT2D eigenvalue weighted by Crippen LogP contribution is -2.48. The number of β-amino-alcohol motifs (C(OH)–C–C–N with tert-alkyl or cyclic N) is 1. The molecule has 5 heteroatoms. The van der Waals surface area contributed by atoms with E-state index >= 15 is 0 Å². The summed E-state index contributed by atoms with van der Waals surface area (Å²) < 4.78 is 11.1. The summed E-state index contributed by atoms with van der Waals surface area (Å²) in [5.74, 6) is 1.59. The van der Waals surface area contributed by atoms with E-state index in [-0.39, 0.29) is 0 Å². The van der Waals surface area contributed by atoms with Gasteiger partial charge in [0.05, 0.1) is 6.61 Å². The van der Waals surface area contributed by atoms with Crippen molar-refractivity contribution in [3.8, 4) is 11.5 Å². The van der Waals surface area contributed by atoms with Crippen LogP contribution in [0.3, 0.4) is 0 Å². The molecular weight excluding hydrogens is 340 g/mol. The Labute approximate surface area is 162 Å². The van der Waals surface area contributed by atoms with Crippen molar-refractivity contribution in [1.82, 2.24) is 9.80 Å². The first-order valence-electron chi connectivity index (χ1n) is 9.75. The van der Waals surface area contributed by atoms with Gasteiger partial charge in [0.25, 0.3) is 0 Å². The van der Waals surface area contributed by atoms with E-state index in [1.807, 2.05) is 31.2 Å². The molecule has 0 aromatic heterocycles. The number of piperazine rings is 1. The van der Waals surface area contributed by atoms with E-state index < -0.39 is 6.10 Å². The largest absolute Gasteiger partial charge is 0.494 e. The fraction of sp³-hybridized carbons (Fsp3) is 0.455. The predicted octanol–water partition coefficient (Wildman–Crippen LogP) is 2.64. The minimum absolute atomic E-state index is 0.304. The zero-order valence-electron chi connectivity index (χ0n) is 16.1. The van der Waals surface area contributed by atoms with Gasteiger partial charge < -0.3 is 14.6 Å². The predicted molar refractivity (Wildman–Crippen MR) is 107 cm³/mol. The van der Waals surface area contributed by atoms with E-state index in [4.69, 9.17) is 9.47 Å². The van der Waals surface area contributed by atoms with Crippen LogP contribution in [0.25, 0.3) is 0 Å². The summed E-state index contributed by atoms with van der Waals surface area (Å²) in [6.07, 6.45) is -0.489. The van der Waals surface area contributed by atoms with Crippen molar-refractivity contribution in [2.75, 3.05) is 45.9 Å². The molecule has 5 nitrogen and oxygen atoms in total. The van der Waals surface area contributed by atoms with Crippen LogP contribution in [0.4, 0.5) is 0 Å². The molecule has 27 heavy (non-hydrogen) atoms. The number of benzene rings is 2. The summed E-state index contributed by atoms with van der Waals surface area (Å²) in [5.41, 5.74) is 1.36. The first kappa shape index (κ1) is 19.7. The van der Waals surface area contributed by atoms with Crippen LogP contribution in [-0.4, -0.2) is 66.9 Å². The van der Waals surface area contributed by atoms with Crippen LogP contribution < -0.4 is 9.47 Å². The summed E-state index contributed by atoms with van der Waals surface area (Å²) in [5, 5.41) is 10.3. The van der Waals surface area contributed by atoms with Crippen LogP contribution in [0.5, 0.6) is 11.5 Å². The van der Waals surface area contributed by atoms with E-state index in [1.54, 1.807) is 0 Å². The highest BCUT2D eigenvalue weighted by Gasteiger charge is 2.19. The van der Waals surface area contributed by atoms with Gasteiger partial charge in [-0.3, -0.25) is 9.80 Å². The molecule has 0 bridgehead atoms. The number of rotatable bonds is 9. The molecule has 0 aliphatic carbocycles. The molecule has 3 rings (SSSR count). The maximum atomic E-state index is 10.3. The van der Waals surface area contributed by atoms with Crippen LogP contribution in [0.2, 0.25) is 0 Å². The maximum absolute atomic E-state index is 10.3. The first-order valence-corrected chi connectivity index (χ1v) is 9.75. The quantitative estimate of drug-likeness (QED) is 0.735. The Kier molecular flexibility index (Phi) is 7.51. The summed E-state index contributed by atoms with van der Waals surface area (Å²) in [6, 6.07) is 18.1. The van der Waals surface area contributed by atoms with Crippen molar-refractivity contribution in [3.63, 3.8) is 0 Å². The van der Waals surface area contributed by atoms with Crippen molar-refractivity contribution < 1.29 is 14.6 Å². The van der Waals surface area contributed by atoms with E-state index in [9.17, 15) is 5.11 Å². The lowest BCUT2D eigenvalue weighted by molar-refractivity contribution is 0.0446. The highest BCUT2D eigenvalue weighted by molar-refractivity contribution is 5.31. The molecule has 2 aromatic carbocycles. The Morgan fingerprint density at radius 3 is 2.07 bits per heavy atom. The second-order valence-electron chi connectivity index (χ2n) is 6.93. The van der Waals surface area contributed by atoms with E-state index in [2.05, 4.69) is 40.1 Å². The molecule has 1 heterocycles. The average Bonchev–Trinajstić information content (AvgIpc) is 2.70. The molecular formula is C22H30N2O3. The molecule has 1 saturated heterocycles. The molecule has 1 fully saturated rings. The molecule has 146 valence electrons. The fourth-order valence-electron chi connectivity index (χ4n) is 3.31. The third-order valence-corrected chi connectivity index (χ3v) is 4.76. The minimum Gasteiger partial charge on any atom is -0.494 e. The number of hydrogen-bond acceptors (Lipinski definition) is 5. The van der Waals surface area contributed by atoms with Gasteiger partial charge in [-0.15, -0.1) is 0 Å². The van der Waals surface area contributed by atoms with Crippen LogP contribution in [0.1, 0.15) is 12.5 Å². The standard InChI is InChI=1S/C22H30N2O3/c1-2-26-21-8-10-22(11-9-21)27-18-20(25)17-24-14-12-23(13-15-24)16-19-6-4-3-5-7-19/h3-11,20,25H,2,12-18H2,1H3. The van der Waals surface area contributed by atoms with Crippen molar-refractivity contribution in [3.05, 3.63) is 60.2 Å². The topological polar surface area (TPSA) is 45.2 Å². The van der Waals surface area contributed by atoms with Gasteiger partial charge in [0, 0.05) is 39.3 Å². The molecule has 0 saturated carbocycles. The Hall–Kier alpha value is -2.08. The normalized spacial score (nSPS) is 16.8. The van der Waals surface area contributed by atoms with Gasteiger partial charge in [0.15, 0.2) is 0 Å². The molecule has 2 aromatic rings. The molecule has 1 aliphatic rings. The van der Waals surface area contributed by atoms with E-state index in [0.29, 0.717) is 19.8 Å². The Balaban J connectivity index is 1.34. The fourth-order valence-corrected chi connectivity index (χ4v) is 3.31. The van der Waals surface area contributed by atoms with E-state index in [0.717, 1.165) is 44.2 Å². The van der Waals surface area contributed by atoms with Gasteiger partial charge >= 0.3 is 0 Å². The summed E-state index contributed by atoms with van der Waals surface area (Å²) in [7, 11) is 0. The number of nitrogens with zero attached hydrogens (tertiary/aromatic N) is 2. The molecule has 1 unspecified atom stereocenters. The summed E-state index contributed by atoms with van der Waals surface area (Å²) >= 11 is 0. The van der Waals surface area contributed by atoms with E-state index in [1.165, 1.54) is 5.56 Å². The van der Waals surface area contributed by atoms with Gasteiger partial charge in [-0.1, -0.05) is 30.3 Å². The van der Waals surface area contributed by atoms with Crippen LogP contribution >= 0.6 is 0 Å². The highest BCUT2D eigenvalue weighted by Crippen LogP contribution is 2.17. The number of aliphatic hydroxyl groups is 1. The lowest BCUT2D eigenvalue weighted by atomic mass is 10.2. The maximum Gasteiger partial charge on any atom is 0.119 e. The Morgan fingerprint density at radius 1 is 0.852 bits per heavy atom. The van der Waals surface area contributed by atoms with Gasteiger partial charge in [-0.05, 0) is 36.8 Å². The Bertz CT molecular complexity index is 655. The zero-order valence-corrected chi connectivity index (χ0v) is 16.1. The third kappa shape index (κ3) is 6.54. The van der Waals surface area contributed by atoms with Gasteiger partial charge in [0.1, 0.15) is 24.2 Å². The zero-order chi connectivity index (χ0) is 18.9. The minimum atomic E-state index is -0.489. The number of aliphatic hydroxyl groups excluding tert-OH is 1. The molecule has 1 atom stereocenters. The number of hydrogen-bond donors (Lipinski definition) is 1. The van der Waals surface area contributed by atoms with Gasteiger partial charge in [-0.25, -0.2) is 0 Å². The van der Waals surface area contributed by atoms with Gasteiger partial charge in [0.2, 0.25) is 0 Å². The first-order chi connectivity index (χ1) is 13.2.